The summed E-state index contributed by atoms with van der Waals surface area (Å²) in [6, 6.07) is 16.0. The molecule has 0 saturated carbocycles. The summed E-state index contributed by atoms with van der Waals surface area (Å²) in [5.41, 5.74) is 1.09. The molecular formula is C23H28N2O4. The maximum absolute atomic E-state index is 12.4. The van der Waals surface area contributed by atoms with E-state index in [-0.39, 0.29) is 23.8 Å². The first kappa shape index (κ1) is 21.0. The number of ether oxygens (including phenoxy) is 2. The minimum atomic E-state index is -0.171. The van der Waals surface area contributed by atoms with Crippen LogP contribution in [0.3, 0.4) is 0 Å². The second-order valence-electron chi connectivity index (χ2n) is 7.70. The Bertz CT molecular complexity index is 813. The van der Waals surface area contributed by atoms with E-state index in [9.17, 15) is 9.59 Å². The molecule has 0 radical (unpaired) electrons. The van der Waals surface area contributed by atoms with Crippen LogP contribution < -0.4 is 10.1 Å². The number of carbonyl (C=O) groups excluding carboxylic acids is 2. The van der Waals surface area contributed by atoms with Crippen molar-refractivity contribution < 1.29 is 19.1 Å². The van der Waals surface area contributed by atoms with Crippen LogP contribution >= 0.6 is 0 Å². The number of carbonyl (C=O) groups is 2. The van der Waals surface area contributed by atoms with Crippen LogP contribution in [0.4, 0.5) is 0 Å². The molecule has 0 spiro atoms. The van der Waals surface area contributed by atoms with Gasteiger partial charge in [0.1, 0.15) is 5.75 Å². The molecule has 1 aliphatic rings. The molecule has 0 aliphatic carbocycles. The Kier molecular flexibility index (Phi) is 7.01. The van der Waals surface area contributed by atoms with Crippen molar-refractivity contribution in [1.82, 2.24) is 10.2 Å². The maximum atomic E-state index is 12.4. The third-order valence-corrected chi connectivity index (χ3v) is 5.11. The van der Waals surface area contributed by atoms with Crippen molar-refractivity contribution >= 4 is 11.7 Å². The van der Waals surface area contributed by atoms with E-state index in [0.717, 1.165) is 26.3 Å². The van der Waals surface area contributed by atoms with Gasteiger partial charge in [0.25, 0.3) is 5.91 Å². The molecule has 2 aromatic carbocycles. The zero-order valence-electron chi connectivity index (χ0n) is 17.0. The van der Waals surface area contributed by atoms with Crippen LogP contribution in [0.2, 0.25) is 0 Å². The predicted molar refractivity (Wildman–Crippen MR) is 111 cm³/mol. The average Bonchev–Trinajstić information content (AvgIpc) is 2.77. The molecule has 6 nitrogen and oxygen atoms in total. The summed E-state index contributed by atoms with van der Waals surface area (Å²) in [5.74, 6) is 0.341. The number of rotatable bonds is 8. The number of hydrogen-bond donors (Lipinski definition) is 1. The molecule has 1 aliphatic heterocycles. The lowest BCUT2D eigenvalue weighted by Crippen LogP contribution is -2.55. The maximum Gasteiger partial charge on any atom is 0.258 e. The van der Waals surface area contributed by atoms with Crippen molar-refractivity contribution in [1.29, 1.82) is 0 Å². The summed E-state index contributed by atoms with van der Waals surface area (Å²) in [7, 11) is 0. The van der Waals surface area contributed by atoms with Gasteiger partial charge in [0.2, 0.25) is 0 Å². The van der Waals surface area contributed by atoms with Gasteiger partial charge in [-0.1, -0.05) is 30.3 Å². The minimum absolute atomic E-state index is 0.0414. The fourth-order valence-electron chi connectivity index (χ4n) is 3.25. The number of nitrogens with one attached hydrogen (secondary N) is 1. The van der Waals surface area contributed by atoms with E-state index in [0.29, 0.717) is 23.4 Å². The number of nitrogens with zero attached hydrogens (tertiary/aromatic N) is 1. The van der Waals surface area contributed by atoms with E-state index >= 15 is 0 Å². The number of hydrogen-bond acceptors (Lipinski definition) is 5. The fraction of sp³-hybridized carbons (Fsp3) is 0.391. The van der Waals surface area contributed by atoms with Crippen molar-refractivity contribution in [2.75, 3.05) is 39.5 Å². The summed E-state index contributed by atoms with van der Waals surface area (Å²) >= 11 is 0. The molecule has 0 aromatic heterocycles. The predicted octanol–water partition coefficient (Wildman–Crippen LogP) is 2.52. The van der Waals surface area contributed by atoms with Crippen molar-refractivity contribution in [3.63, 3.8) is 0 Å². The molecule has 1 heterocycles. The van der Waals surface area contributed by atoms with E-state index in [1.165, 1.54) is 0 Å². The molecule has 0 atom stereocenters. The van der Waals surface area contributed by atoms with Gasteiger partial charge in [-0.05, 0) is 38.1 Å². The Balaban J connectivity index is 1.46. The smallest absolute Gasteiger partial charge is 0.258 e. The second-order valence-corrected chi connectivity index (χ2v) is 7.70. The second kappa shape index (κ2) is 9.67. The molecular weight excluding hydrogens is 368 g/mol. The highest BCUT2D eigenvalue weighted by Crippen LogP contribution is 2.16. The van der Waals surface area contributed by atoms with Gasteiger partial charge in [0, 0.05) is 36.3 Å². The van der Waals surface area contributed by atoms with E-state index in [1.54, 1.807) is 36.4 Å². The lowest BCUT2D eigenvalue weighted by molar-refractivity contribution is -0.123. The molecule has 2 aromatic rings. The number of morpholine rings is 1. The first-order valence-corrected chi connectivity index (χ1v) is 9.88. The standard InChI is InChI=1S/C23H28N2O4/c1-23(2,25-12-14-28-15-13-25)17-24-21(26)16-29-20-10-8-19(9-11-20)22(27)18-6-4-3-5-7-18/h3-11H,12-17H2,1-2H3,(H,24,26). The quantitative estimate of drug-likeness (QED) is 0.695. The third-order valence-electron chi connectivity index (χ3n) is 5.11. The van der Waals surface area contributed by atoms with Crippen LogP contribution in [-0.4, -0.2) is 61.6 Å². The van der Waals surface area contributed by atoms with Crippen LogP contribution in [0.5, 0.6) is 5.75 Å². The number of amides is 1. The van der Waals surface area contributed by atoms with Gasteiger partial charge >= 0.3 is 0 Å². The number of ketones is 1. The zero-order valence-corrected chi connectivity index (χ0v) is 17.0. The average molecular weight is 396 g/mol. The SMILES string of the molecule is CC(C)(CNC(=O)COc1ccc(C(=O)c2ccccc2)cc1)N1CCOCC1. The summed E-state index contributed by atoms with van der Waals surface area (Å²) in [6.45, 7) is 7.89. The van der Waals surface area contributed by atoms with Crippen molar-refractivity contribution in [3.05, 3.63) is 65.7 Å². The molecule has 0 unspecified atom stereocenters. The molecule has 29 heavy (non-hydrogen) atoms. The van der Waals surface area contributed by atoms with Crippen LogP contribution in [-0.2, 0) is 9.53 Å². The normalized spacial score (nSPS) is 15.0. The highest BCUT2D eigenvalue weighted by molar-refractivity contribution is 6.08. The molecule has 154 valence electrons. The largest absolute Gasteiger partial charge is 0.484 e. The molecule has 1 amide bonds. The van der Waals surface area contributed by atoms with Crippen molar-refractivity contribution in [3.8, 4) is 5.75 Å². The van der Waals surface area contributed by atoms with E-state index in [4.69, 9.17) is 9.47 Å². The Morgan fingerprint density at radius 2 is 1.62 bits per heavy atom. The van der Waals surface area contributed by atoms with Gasteiger partial charge in [-0.25, -0.2) is 0 Å². The van der Waals surface area contributed by atoms with Gasteiger partial charge < -0.3 is 14.8 Å². The Morgan fingerprint density at radius 3 is 2.28 bits per heavy atom. The Hall–Kier alpha value is -2.70. The first-order valence-electron chi connectivity index (χ1n) is 9.88. The molecule has 1 N–H and O–H groups in total. The topological polar surface area (TPSA) is 67.9 Å². The third kappa shape index (κ3) is 5.89. The Morgan fingerprint density at radius 1 is 1.00 bits per heavy atom. The van der Waals surface area contributed by atoms with Gasteiger partial charge in [-0.2, -0.15) is 0 Å². The van der Waals surface area contributed by atoms with Crippen LogP contribution in [0, 0.1) is 0 Å². The van der Waals surface area contributed by atoms with Crippen LogP contribution in [0.25, 0.3) is 0 Å². The van der Waals surface area contributed by atoms with Gasteiger partial charge in [-0.3, -0.25) is 14.5 Å². The van der Waals surface area contributed by atoms with Gasteiger partial charge in [0.15, 0.2) is 12.4 Å². The summed E-state index contributed by atoms with van der Waals surface area (Å²) in [6.07, 6.45) is 0. The van der Waals surface area contributed by atoms with Gasteiger partial charge in [0.05, 0.1) is 13.2 Å². The van der Waals surface area contributed by atoms with E-state index in [1.807, 2.05) is 18.2 Å². The van der Waals surface area contributed by atoms with Gasteiger partial charge in [-0.15, -0.1) is 0 Å². The van der Waals surface area contributed by atoms with Crippen molar-refractivity contribution in [2.24, 2.45) is 0 Å². The fourth-order valence-corrected chi connectivity index (χ4v) is 3.25. The molecule has 3 rings (SSSR count). The molecule has 6 heteroatoms. The monoisotopic (exact) mass is 396 g/mol. The minimum Gasteiger partial charge on any atom is -0.484 e. The zero-order chi connectivity index (χ0) is 20.7. The Labute approximate surface area is 171 Å². The number of benzene rings is 2. The van der Waals surface area contributed by atoms with Crippen LogP contribution in [0.1, 0.15) is 29.8 Å². The summed E-state index contributed by atoms with van der Waals surface area (Å²) in [4.78, 5) is 26.9. The first-order chi connectivity index (χ1) is 14.0. The van der Waals surface area contributed by atoms with E-state index in [2.05, 4.69) is 24.1 Å². The lowest BCUT2D eigenvalue weighted by Gasteiger charge is -2.40. The highest BCUT2D eigenvalue weighted by Gasteiger charge is 2.28. The lowest BCUT2D eigenvalue weighted by atomic mass is 10.0. The molecule has 1 fully saturated rings. The molecule has 1 saturated heterocycles. The summed E-state index contributed by atoms with van der Waals surface area (Å²) < 4.78 is 10.9. The highest BCUT2D eigenvalue weighted by atomic mass is 16.5. The van der Waals surface area contributed by atoms with Crippen LogP contribution in [0.15, 0.2) is 54.6 Å². The van der Waals surface area contributed by atoms with Crippen molar-refractivity contribution in [2.45, 2.75) is 19.4 Å². The van der Waals surface area contributed by atoms with E-state index < -0.39 is 0 Å². The molecule has 0 bridgehead atoms. The summed E-state index contributed by atoms with van der Waals surface area (Å²) in [5, 5.41) is 2.94.